The summed E-state index contributed by atoms with van der Waals surface area (Å²) in [6, 6.07) is 51.8. The number of unbranched alkanes of at least 4 members (excludes halogenated alkanes) is 3. The Kier molecular flexibility index (Phi) is 25.5. The number of aromatic amines is 4. The highest BCUT2D eigenvalue weighted by Crippen LogP contribution is 2.42. The monoisotopic (exact) mass is 1690 g/mol. The normalized spacial score (nSPS) is 12.1. The highest BCUT2D eigenvalue weighted by atomic mass is 16.2. The summed E-state index contributed by atoms with van der Waals surface area (Å²) in [5.74, 6) is 0.189. The number of H-pyrrole nitrogens is 4. The van der Waals surface area contributed by atoms with Crippen molar-refractivity contribution < 1.29 is 46.1 Å². The average molecular weight is 1700 g/mol. The maximum atomic E-state index is 13.0. The molecule has 8 N–H and O–H groups in total. The van der Waals surface area contributed by atoms with Gasteiger partial charge in [0.05, 0.1) is 45.6 Å². The van der Waals surface area contributed by atoms with Crippen LogP contribution in [0.15, 0.2) is 245 Å². The quantitative estimate of drug-likeness (QED) is 0.0154. The van der Waals surface area contributed by atoms with Crippen LogP contribution in [0.2, 0.25) is 0 Å². The first kappa shape index (κ1) is 84.1. The zero-order valence-corrected chi connectivity index (χ0v) is 73.6. The fourth-order valence-electron chi connectivity index (χ4n) is 17.4. The van der Waals surface area contributed by atoms with Crippen LogP contribution in [0.1, 0.15) is 110 Å². The van der Waals surface area contributed by atoms with Gasteiger partial charge >= 0.3 is 0 Å². The number of carbonyl (C=O) groups excluding carboxylic acids is 2. The number of aromatic nitrogens is 16. The van der Waals surface area contributed by atoms with E-state index in [1.807, 2.05) is 69.7 Å². The summed E-state index contributed by atoms with van der Waals surface area (Å²) >= 11 is 0. The van der Waals surface area contributed by atoms with Crippen LogP contribution in [-0.4, -0.2) is 91.0 Å². The summed E-state index contributed by atoms with van der Waals surface area (Å²) in [4.78, 5) is 63.5. The first-order chi connectivity index (χ1) is 62.7. The third-order valence-corrected chi connectivity index (χ3v) is 24.3. The van der Waals surface area contributed by atoms with E-state index < -0.39 is 0 Å². The van der Waals surface area contributed by atoms with E-state index in [-0.39, 0.29) is 11.8 Å². The van der Waals surface area contributed by atoms with Gasteiger partial charge in [-0.2, -0.15) is 0 Å². The number of carbonyl (C=O) groups is 2. The van der Waals surface area contributed by atoms with Crippen LogP contribution >= 0.6 is 0 Å². The van der Waals surface area contributed by atoms with Crippen LogP contribution in [0.3, 0.4) is 0 Å². The molecule has 0 saturated carbocycles. The first-order valence-electron chi connectivity index (χ1n) is 44.7. The Labute approximate surface area is 745 Å². The molecule has 22 nitrogen and oxygen atoms in total. The summed E-state index contributed by atoms with van der Waals surface area (Å²) in [6.07, 6.45) is 58.7. The molecular formula is C106H110N20O2+8. The maximum Gasteiger partial charge on any atom is 0.219 e. The minimum atomic E-state index is 0.0947. The molecule has 4 aliphatic heterocycles. The fraction of sp³-hybridized carbons (Fsp3) is 0.226. The van der Waals surface area contributed by atoms with Crippen molar-refractivity contribution in [3.8, 4) is 89.0 Å². The van der Waals surface area contributed by atoms with E-state index in [2.05, 4.69) is 344 Å². The second-order valence-electron chi connectivity index (χ2n) is 33.7. The average Bonchev–Trinajstić information content (AvgIpc) is 1.61. The molecule has 0 aliphatic carbocycles. The summed E-state index contributed by atoms with van der Waals surface area (Å²) in [6.45, 7) is 6.44. The first-order valence-corrected chi connectivity index (χ1v) is 44.7. The molecule has 18 rings (SSSR count). The molecule has 2 amide bonds. The van der Waals surface area contributed by atoms with Gasteiger partial charge in [-0.05, 0) is 206 Å². The summed E-state index contributed by atoms with van der Waals surface area (Å²) < 4.78 is 16.7. The van der Waals surface area contributed by atoms with E-state index in [4.69, 9.17) is 19.9 Å². The standard InChI is InChI=1S/C106H106N20O2/c1-119-57-33-73(34-58-119)99-81-17-21-85(111-81)101(75-37-61-121(3)62-38-75)89-25-29-93(115-89)105(94-30-26-90(116-94)102(86-22-18-82(99)112-86)76-39-63-122(4)64-40-76)79-45-69-125(70-46-79)55-11-7-15-97(127)109-53-13-51-107-49-9-10-50-108-52-14-54-110-98(128)16-8-12-56-126-71-47-80(48-72-126)106-95-31-27-91(117-95)103(77-41-65-123(5)66-42-77)87-23-19-83(113-87)100(74-35-59-120(2)60-36-74)84-20-24-88(114-84)104(92-28-32-96(106)118-92)78-43-67-124(6)68-44-78/h17-48,57-72,107-108H,7-16,49-56H2,1-6H3,(H2-2,109,110,111,112,113,114,115,116,117,118,127,128)/q+4/p+4. The topological polar surface area (TPSA) is 228 Å². The van der Waals surface area contributed by atoms with Crippen molar-refractivity contribution in [3.63, 3.8) is 0 Å². The van der Waals surface area contributed by atoms with Gasteiger partial charge < -0.3 is 41.2 Å². The Balaban J connectivity index is 0.436. The number of nitrogens with one attached hydrogen (secondary N) is 8. The number of aryl methyl sites for hydroxylation is 8. The van der Waals surface area contributed by atoms with Gasteiger partial charge in [-0.3, -0.25) is 9.59 Å². The molecule has 0 saturated heterocycles. The van der Waals surface area contributed by atoms with E-state index in [1.54, 1.807) is 0 Å². The zero-order chi connectivity index (χ0) is 87.4. The van der Waals surface area contributed by atoms with Gasteiger partial charge in [-0.25, -0.2) is 56.5 Å². The van der Waals surface area contributed by atoms with Crippen LogP contribution in [0.25, 0.3) is 182 Å². The molecule has 0 spiro atoms. The number of hydrogen-bond donors (Lipinski definition) is 8. The van der Waals surface area contributed by atoms with E-state index in [0.29, 0.717) is 25.9 Å². The summed E-state index contributed by atoms with van der Waals surface area (Å²) in [7, 11) is 12.2. The van der Waals surface area contributed by atoms with Gasteiger partial charge in [-0.15, -0.1) is 0 Å². The molecule has 14 aromatic rings. The number of fused-ring (bicyclic) bond motifs is 16. The zero-order valence-electron chi connectivity index (χ0n) is 73.6. The van der Waals surface area contributed by atoms with Gasteiger partial charge in [0.15, 0.2) is 99.1 Å². The van der Waals surface area contributed by atoms with Crippen molar-refractivity contribution in [2.45, 2.75) is 77.3 Å². The predicted octanol–water partition coefficient (Wildman–Crippen LogP) is 14.5. The van der Waals surface area contributed by atoms with Crippen molar-refractivity contribution in [3.05, 3.63) is 290 Å². The Morgan fingerprint density at radius 1 is 0.234 bits per heavy atom. The van der Waals surface area contributed by atoms with Gasteiger partial charge in [0.1, 0.15) is 55.4 Å². The molecule has 0 atom stereocenters. The molecule has 0 aromatic carbocycles. The van der Waals surface area contributed by atoms with E-state index >= 15 is 0 Å². The lowest BCUT2D eigenvalue weighted by molar-refractivity contribution is -0.697. The highest BCUT2D eigenvalue weighted by molar-refractivity contribution is 6.03. The van der Waals surface area contributed by atoms with Crippen LogP contribution < -0.4 is 57.8 Å². The lowest BCUT2D eigenvalue weighted by atomic mass is 10.0. The molecule has 0 unspecified atom stereocenters. The van der Waals surface area contributed by atoms with E-state index in [9.17, 15) is 9.59 Å². The fourth-order valence-corrected chi connectivity index (χ4v) is 17.4. The van der Waals surface area contributed by atoms with E-state index in [0.717, 1.165) is 269 Å². The van der Waals surface area contributed by atoms with Crippen molar-refractivity contribution in [2.24, 2.45) is 42.3 Å². The van der Waals surface area contributed by atoms with Gasteiger partial charge in [-0.1, -0.05) is 0 Å². The lowest BCUT2D eigenvalue weighted by Gasteiger charge is -2.08. The molecule has 638 valence electrons. The Hall–Kier alpha value is -14.7. The molecule has 18 heterocycles. The third-order valence-electron chi connectivity index (χ3n) is 24.3. The third kappa shape index (κ3) is 19.4. The highest BCUT2D eigenvalue weighted by Gasteiger charge is 2.25. The van der Waals surface area contributed by atoms with Crippen molar-refractivity contribution in [1.29, 1.82) is 0 Å². The smallest absolute Gasteiger partial charge is 0.219 e. The maximum absolute atomic E-state index is 13.0. The van der Waals surface area contributed by atoms with Crippen molar-refractivity contribution in [2.75, 3.05) is 39.3 Å². The number of rotatable bonds is 31. The minimum absolute atomic E-state index is 0.0947. The molecule has 0 radical (unpaired) electrons. The van der Waals surface area contributed by atoms with Gasteiger partial charge in [0, 0.05) is 224 Å². The number of hydrogen-bond acceptors (Lipinski definition) is 8. The molecular weight excluding hydrogens is 1590 g/mol. The van der Waals surface area contributed by atoms with Crippen LogP contribution in [0.4, 0.5) is 0 Å². The van der Waals surface area contributed by atoms with Crippen molar-refractivity contribution in [1.82, 2.24) is 61.1 Å². The Bertz CT molecular complexity index is 6440. The minimum Gasteiger partial charge on any atom is -0.356 e. The molecule has 22 heteroatoms. The number of pyridine rings is 8. The van der Waals surface area contributed by atoms with Crippen LogP contribution in [0.5, 0.6) is 0 Å². The molecule has 16 bridgehead atoms. The van der Waals surface area contributed by atoms with Crippen molar-refractivity contribution >= 4 is 105 Å². The second kappa shape index (κ2) is 38.8. The van der Waals surface area contributed by atoms with E-state index in [1.165, 1.54) is 0 Å². The van der Waals surface area contributed by atoms with Gasteiger partial charge in [0.2, 0.25) is 11.8 Å². The number of nitrogens with zero attached hydrogens (tertiary/aromatic N) is 12. The Morgan fingerprint density at radius 3 is 0.625 bits per heavy atom. The van der Waals surface area contributed by atoms with Crippen LogP contribution in [0, 0.1) is 0 Å². The second-order valence-corrected chi connectivity index (χ2v) is 33.7. The Morgan fingerprint density at radius 2 is 0.422 bits per heavy atom. The van der Waals surface area contributed by atoms with Gasteiger partial charge in [0.25, 0.3) is 0 Å². The largest absolute Gasteiger partial charge is 0.356 e. The van der Waals surface area contributed by atoms with Crippen LogP contribution in [-0.2, 0) is 65.0 Å². The molecule has 0 fully saturated rings. The lowest BCUT2D eigenvalue weighted by Crippen LogP contribution is -2.32. The molecule has 4 aliphatic rings. The number of amides is 2. The molecule has 128 heavy (non-hydrogen) atoms. The summed E-state index contributed by atoms with van der Waals surface area (Å²) in [5, 5.41) is 13.4. The molecule has 14 aromatic heterocycles. The SMILES string of the molecule is C[n+]1ccc(-c2c3nc(c(-c4cc[n+](C)cc4)c4ccc([nH]4)c(-c4cc[n+](CCCCC(=O)NCCCNCCCCNCCCNC(=O)CCCC[n+]5ccc(-c6c7nc(c(-c8cc[n+](C)cc8)c8ccc([nH]8)c(-c8cc[n+](C)cc8)c8nc(c(-c9cc[n+](C)cc9)c9ccc6[nH]9)C=C8)C=C7)cc5)cc4)c4nc(c(-c5cc[n+](C)cc5)c5ccc2[nH]5)C=C4)C=C3)cc1. The summed E-state index contributed by atoms with van der Waals surface area (Å²) in [5.41, 5.74) is 30.7. The predicted molar refractivity (Wildman–Crippen MR) is 507 cm³/mol.